The highest BCUT2D eigenvalue weighted by Gasteiger charge is 2.24. The number of anilines is 2. The van der Waals surface area contributed by atoms with Crippen LogP contribution in [0.15, 0.2) is 78.6 Å². The van der Waals surface area contributed by atoms with Gasteiger partial charge < -0.3 is 23.8 Å². The van der Waals surface area contributed by atoms with Gasteiger partial charge in [-0.15, -0.1) is 0 Å². The summed E-state index contributed by atoms with van der Waals surface area (Å²) in [7, 11) is 0. The zero-order chi connectivity index (χ0) is 22.3. The number of ether oxygens (including phenoxy) is 4. The zero-order valence-electron chi connectivity index (χ0n) is 18.1. The quantitative estimate of drug-likeness (QED) is 0.251. The molecule has 0 spiro atoms. The van der Waals surface area contributed by atoms with Gasteiger partial charge in [0.15, 0.2) is 18.2 Å². The van der Waals surface area contributed by atoms with Gasteiger partial charge in [0.25, 0.3) is 0 Å². The molecule has 0 radical (unpaired) electrons. The smallest absolute Gasteiger partial charge is 0.373 e. The minimum Gasteiger partial charge on any atom is -0.487 e. The van der Waals surface area contributed by atoms with Crippen molar-refractivity contribution in [3.8, 4) is 17.2 Å². The van der Waals surface area contributed by atoms with E-state index in [0.29, 0.717) is 25.7 Å². The number of carbonyl (C=O) groups is 1. The predicted molar refractivity (Wildman–Crippen MR) is 123 cm³/mol. The van der Waals surface area contributed by atoms with Crippen LogP contribution in [0.1, 0.15) is 19.4 Å². The van der Waals surface area contributed by atoms with E-state index in [9.17, 15) is 4.79 Å². The fourth-order valence-electron chi connectivity index (χ4n) is 3.39. The van der Waals surface area contributed by atoms with Gasteiger partial charge in [-0.3, -0.25) is 0 Å². The van der Waals surface area contributed by atoms with Gasteiger partial charge in [-0.1, -0.05) is 36.4 Å². The lowest BCUT2D eigenvalue weighted by Crippen LogP contribution is -2.25. The molecule has 0 N–H and O–H groups in total. The van der Waals surface area contributed by atoms with Crippen molar-refractivity contribution in [2.24, 2.45) is 0 Å². The van der Waals surface area contributed by atoms with Crippen LogP contribution < -0.4 is 14.4 Å². The molecule has 1 aliphatic rings. The second kappa shape index (κ2) is 9.92. The molecule has 1 heterocycles. The Morgan fingerprint density at radius 3 is 2.03 bits per heavy atom. The summed E-state index contributed by atoms with van der Waals surface area (Å²) in [5.41, 5.74) is 2.71. The molecule has 0 bridgehead atoms. The minimum atomic E-state index is -0.473. The summed E-state index contributed by atoms with van der Waals surface area (Å²) in [5.74, 6) is 2.00. The molecule has 3 aromatic rings. The Balaban J connectivity index is 1.50. The van der Waals surface area contributed by atoms with Crippen molar-refractivity contribution < 1.29 is 23.7 Å². The number of esters is 1. The molecule has 3 aromatic carbocycles. The van der Waals surface area contributed by atoms with Crippen molar-refractivity contribution in [2.75, 3.05) is 24.8 Å². The Morgan fingerprint density at radius 1 is 0.844 bits per heavy atom. The molecule has 0 fully saturated rings. The Morgan fingerprint density at radius 2 is 1.44 bits per heavy atom. The van der Waals surface area contributed by atoms with Gasteiger partial charge >= 0.3 is 5.97 Å². The van der Waals surface area contributed by atoms with Crippen LogP contribution in [-0.4, -0.2) is 25.9 Å². The van der Waals surface area contributed by atoms with Gasteiger partial charge in [-0.25, -0.2) is 4.79 Å². The Hall–Kier alpha value is -3.93. The predicted octanol–water partition coefficient (Wildman–Crippen LogP) is 5.91. The first kappa shape index (κ1) is 21.3. The molecule has 1 aliphatic heterocycles. The van der Waals surface area contributed by atoms with Gasteiger partial charge in [0.05, 0.1) is 24.6 Å². The SMILES string of the molecule is CCOC(=O)C(=Cc1ccc(OCN2c3ccccc3Oc3ccccc32)cc1)OCC. The number of nitrogens with zero attached hydrogens (tertiary/aromatic N) is 1. The van der Waals surface area contributed by atoms with E-state index >= 15 is 0 Å². The monoisotopic (exact) mass is 431 g/mol. The van der Waals surface area contributed by atoms with Crippen molar-refractivity contribution in [1.29, 1.82) is 0 Å². The second-order valence-electron chi connectivity index (χ2n) is 6.97. The molecule has 0 aliphatic carbocycles. The zero-order valence-corrected chi connectivity index (χ0v) is 18.1. The molecular formula is C26H25NO5. The largest absolute Gasteiger partial charge is 0.487 e. The number of rotatable bonds is 8. The third kappa shape index (κ3) is 4.70. The molecular weight excluding hydrogens is 406 g/mol. The van der Waals surface area contributed by atoms with Crippen LogP contribution in [-0.2, 0) is 14.3 Å². The maximum Gasteiger partial charge on any atom is 0.373 e. The van der Waals surface area contributed by atoms with E-state index in [1.807, 2.05) is 79.7 Å². The van der Waals surface area contributed by atoms with E-state index in [-0.39, 0.29) is 5.76 Å². The minimum absolute atomic E-state index is 0.185. The Labute approximate surface area is 187 Å². The molecule has 164 valence electrons. The molecule has 0 unspecified atom stereocenters. The number of carbonyl (C=O) groups excluding carboxylic acids is 1. The summed E-state index contributed by atoms with van der Waals surface area (Å²) in [6, 6.07) is 23.2. The van der Waals surface area contributed by atoms with Crippen molar-refractivity contribution in [3.63, 3.8) is 0 Å². The van der Waals surface area contributed by atoms with Crippen molar-refractivity contribution in [2.45, 2.75) is 13.8 Å². The van der Waals surface area contributed by atoms with Gasteiger partial charge in [0.2, 0.25) is 5.76 Å². The fraction of sp³-hybridized carbons (Fsp3) is 0.192. The molecule has 0 saturated carbocycles. The normalized spacial score (nSPS) is 12.3. The number of fused-ring (bicyclic) bond motifs is 2. The Kier molecular flexibility index (Phi) is 6.60. The molecule has 0 aromatic heterocycles. The number of para-hydroxylation sites is 4. The number of hydrogen-bond donors (Lipinski definition) is 0. The third-order valence-corrected chi connectivity index (χ3v) is 4.85. The summed E-state index contributed by atoms with van der Waals surface area (Å²) >= 11 is 0. The number of benzene rings is 3. The molecule has 32 heavy (non-hydrogen) atoms. The molecule has 6 heteroatoms. The van der Waals surface area contributed by atoms with Crippen molar-refractivity contribution >= 4 is 23.4 Å². The van der Waals surface area contributed by atoms with Gasteiger partial charge in [0.1, 0.15) is 5.75 Å². The van der Waals surface area contributed by atoms with E-state index in [1.165, 1.54) is 0 Å². The lowest BCUT2D eigenvalue weighted by atomic mass is 10.2. The van der Waals surface area contributed by atoms with Crippen molar-refractivity contribution in [3.05, 3.63) is 84.1 Å². The van der Waals surface area contributed by atoms with E-state index < -0.39 is 5.97 Å². The third-order valence-electron chi connectivity index (χ3n) is 4.85. The first-order valence-corrected chi connectivity index (χ1v) is 10.6. The first-order valence-electron chi connectivity index (χ1n) is 10.6. The molecule has 4 rings (SSSR count). The van der Waals surface area contributed by atoms with Crippen LogP contribution >= 0.6 is 0 Å². The van der Waals surface area contributed by atoms with E-state index in [1.54, 1.807) is 13.0 Å². The van der Waals surface area contributed by atoms with Crippen LogP contribution in [0.3, 0.4) is 0 Å². The molecule has 0 saturated heterocycles. The molecule has 0 atom stereocenters. The lowest BCUT2D eigenvalue weighted by molar-refractivity contribution is -0.142. The highest BCUT2D eigenvalue weighted by atomic mass is 16.6. The van der Waals surface area contributed by atoms with Crippen LogP contribution in [0.25, 0.3) is 6.08 Å². The standard InChI is InChI=1S/C26H25NO5/c1-3-29-25(26(28)30-4-2)17-19-13-15-20(16-14-19)31-18-27-21-9-5-7-11-23(21)32-24-12-8-6-10-22(24)27/h5-17H,3-4,18H2,1-2H3. The van der Waals surface area contributed by atoms with E-state index in [2.05, 4.69) is 4.90 Å². The van der Waals surface area contributed by atoms with Gasteiger partial charge in [-0.05, 0) is 61.9 Å². The Bertz CT molecular complexity index is 1060. The number of hydrogen-bond acceptors (Lipinski definition) is 6. The highest BCUT2D eigenvalue weighted by Crippen LogP contribution is 2.46. The van der Waals surface area contributed by atoms with Crippen LogP contribution in [0.2, 0.25) is 0 Å². The summed E-state index contributed by atoms with van der Waals surface area (Å²) < 4.78 is 22.6. The van der Waals surface area contributed by atoms with E-state index in [0.717, 1.165) is 28.4 Å². The summed E-state index contributed by atoms with van der Waals surface area (Å²) in [6.45, 7) is 4.59. The fourth-order valence-corrected chi connectivity index (χ4v) is 3.39. The van der Waals surface area contributed by atoms with Crippen molar-refractivity contribution in [1.82, 2.24) is 0 Å². The summed E-state index contributed by atoms with van der Waals surface area (Å²) in [4.78, 5) is 14.1. The topological polar surface area (TPSA) is 57.2 Å². The first-order chi connectivity index (χ1) is 15.7. The summed E-state index contributed by atoms with van der Waals surface area (Å²) in [6.07, 6.45) is 1.67. The second-order valence-corrected chi connectivity index (χ2v) is 6.97. The lowest BCUT2D eigenvalue weighted by Gasteiger charge is -2.32. The average Bonchev–Trinajstić information content (AvgIpc) is 2.82. The van der Waals surface area contributed by atoms with Crippen LogP contribution in [0.5, 0.6) is 17.2 Å². The van der Waals surface area contributed by atoms with Crippen LogP contribution in [0.4, 0.5) is 11.4 Å². The maximum absolute atomic E-state index is 12.0. The highest BCUT2D eigenvalue weighted by molar-refractivity contribution is 5.91. The maximum atomic E-state index is 12.0. The molecule has 6 nitrogen and oxygen atoms in total. The molecule has 0 amide bonds. The average molecular weight is 431 g/mol. The van der Waals surface area contributed by atoms with E-state index in [4.69, 9.17) is 18.9 Å². The van der Waals surface area contributed by atoms with Gasteiger partial charge in [-0.2, -0.15) is 0 Å². The summed E-state index contributed by atoms with van der Waals surface area (Å²) in [5, 5.41) is 0. The van der Waals surface area contributed by atoms with Gasteiger partial charge in [0, 0.05) is 0 Å². The van der Waals surface area contributed by atoms with Crippen LogP contribution in [0, 0.1) is 0 Å².